The van der Waals surface area contributed by atoms with Crippen LogP contribution in [0, 0.1) is 0 Å². The third-order valence-electron chi connectivity index (χ3n) is 3.68. The van der Waals surface area contributed by atoms with Gasteiger partial charge in [0.15, 0.2) is 0 Å². The molecule has 0 aromatic heterocycles. The van der Waals surface area contributed by atoms with Crippen molar-refractivity contribution < 1.29 is 9.53 Å². The molecule has 0 bridgehead atoms. The van der Waals surface area contributed by atoms with E-state index >= 15 is 0 Å². The first kappa shape index (κ1) is 22.3. The molecule has 0 N–H and O–H groups in total. The lowest BCUT2D eigenvalue weighted by Crippen LogP contribution is -2.06. The molecule has 0 aliphatic heterocycles. The lowest BCUT2D eigenvalue weighted by molar-refractivity contribution is -0.143. The molecule has 0 saturated carbocycles. The quantitative estimate of drug-likeness (QED) is 0.181. The van der Waals surface area contributed by atoms with Crippen molar-refractivity contribution in [2.75, 3.05) is 12.4 Å². The minimum atomic E-state index is -0.0967. The molecule has 133 valence electrons. The SMILES string of the molecule is CCCCC/C=C/C/C=C/CCCCCCCC(=O)OCC[S]. The zero-order valence-corrected chi connectivity index (χ0v) is 15.8. The summed E-state index contributed by atoms with van der Waals surface area (Å²) in [6.45, 7) is 2.62. The number of unbranched alkanes of at least 4 members (excludes halogenated alkanes) is 8. The fourth-order valence-electron chi connectivity index (χ4n) is 2.31. The van der Waals surface area contributed by atoms with Crippen LogP contribution in [-0.4, -0.2) is 18.3 Å². The number of esters is 1. The average molecular weight is 340 g/mol. The monoisotopic (exact) mass is 339 g/mol. The molecule has 0 saturated heterocycles. The van der Waals surface area contributed by atoms with E-state index in [4.69, 9.17) is 17.4 Å². The maximum atomic E-state index is 11.3. The van der Waals surface area contributed by atoms with Gasteiger partial charge in [0.1, 0.15) is 6.61 Å². The predicted octanol–water partition coefficient (Wildman–Crippen LogP) is 6.54. The van der Waals surface area contributed by atoms with Crippen LogP contribution in [0.5, 0.6) is 0 Å². The summed E-state index contributed by atoms with van der Waals surface area (Å²) in [6.07, 6.45) is 22.9. The van der Waals surface area contributed by atoms with Crippen molar-refractivity contribution in [3.63, 3.8) is 0 Å². The van der Waals surface area contributed by atoms with Crippen LogP contribution in [0.2, 0.25) is 0 Å². The van der Waals surface area contributed by atoms with Crippen molar-refractivity contribution >= 4 is 18.6 Å². The molecule has 0 amide bonds. The van der Waals surface area contributed by atoms with Crippen molar-refractivity contribution in [2.45, 2.75) is 84.0 Å². The van der Waals surface area contributed by atoms with Crippen molar-refractivity contribution in [2.24, 2.45) is 0 Å². The van der Waals surface area contributed by atoms with Gasteiger partial charge in [-0.3, -0.25) is 4.79 Å². The molecule has 3 heteroatoms. The molecule has 0 atom stereocenters. The molecular weight excluding hydrogens is 304 g/mol. The number of allylic oxidation sites excluding steroid dienone is 4. The summed E-state index contributed by atoms with van der Waals surface area (Å²) in [5.41, 5.74) is 0. The lowest BCUT2D eigenvalue weighted by atomic mass is 10.1. The summed E-state index contributed by atoms with van der Waals surface area (Å²) in [6, 6.07) is 0. The average Bonchev–Trinajstić information content (AvgIpc) is 2.56. The Morgan fingerprint density at radius 1 is 0.870 bits per heavy atom. The zero-order valence-electron chi connectivity index (χ0n) is 14.9. The largest absolute Gasteiger partial charge is 0.465 e. The van der Waals surface area contributed by atoms with E-state index in [2.05, 4.69) is 31.2 Å². The zero-order chi connectivity index (χ0) is 17.0. The van der Waals surface area contributed by atoms with E-state index in [1.807, 2.05) is 0 Å². The van der Waals surface area contributed by atoms with Crippen LogP contribution in [0.4, 0.5) is 0 Å². The summed E-state index contributed by atoms with van der Waals surface area (Å²) >= 11 is 4.73. The van der Waals surface area contributed by atoms with E-state index < -0.39 is 0 Å². The molecular formula is C20H35O2S. The number of rotatable bonds is 16. The number of carbonyl (C=O) groups is 1. The smallest absolute Gasteiger partial charge is 0.305 e. The second-order valence-corrected chi connectivity index (χ2v) is 6.31. The predicted molar refractivity (Wildman–Crippen MR) is 103 cm³/mol. The number of hydrogen-bond donors (Lipinski definition) is 0. The van der Waals surface area contributed by atoms with Gasteiger partial charge in [-0.15, -0.1) is 0 Å². The number of ether oxygens (including phenoxy) is 1. The van der Waals surface area contributed by atoms with Gasteiger partial charge in [0, 0.05) is 12.2 Å². The van der Waals surface area contributed by atoms with Gasteiger partial charge in [0.05, 0.1) is 0 Å². The van der Waals surface area contributed by atoms with Crippen LogP contribution in [0.25, 0.3) is 0 Å². The van der Waals surface area contributed by atoms with E-state index in [9.17, 15) is 4.79 Å². The first-order valence-corrected chi connectivity index (χ1v) is 9.92. The third kappa shape index (κ3) is 19.3. The molecule has 23 heavy (non-hydrogen) atoms. The molecule has 0 spiro atoms. The van der Waals surface area contributed by atoms with E-state index in [1.54, 1.807) is 0 Å². The van der Waals surface area contributed by atoms with Crippen molar-refractivity contribution in [3.05, 3.63) is 24.3 Å². The summed E-state index contributed by atoms with van der Waals surface area (Å²) < 4.78 is 4.95. The topological polar surface area (TPSA) is 26.3 Å². The first-order valence-electron chi connectivity index (χ1n) is 9.35. The van der Waals surface area contributed by atoms with Crippen LogP contribution in [0.1, 0.15) is 84.0 Å². The highest BCUT2D eigenvalue weighted by Crippen LogP contribution is 2.08. The Kier molecular flexibility index (Phi) is 18.8. The lowest BCUT2D eigenvalue weighted by Gasteiger charge is -2.02. The highest BCUT2D eigenvalue weighted by molar-refractivity contribution is 7.80. The van der Waals surface area contributed by atoms with Crippen molar-refractivity contribution in [1.82, 2.24) is 0 Å². The Hall–Kier alpha value is -0.700. The molecule has 2 nitrogen and oxygen atoms in total. The number of carbonyl (C=O) groups excluding carboxylic acids is 1. The fraction of sp³-hybridized carbons (Fsp3) is 0.750. The summed E-state index contributed by atoms with van der Waals surface area (Å²) in [7, 11) is 0. The first-order chi connectivity index (χ1) is 11.3. The molecule has 0 rings (SSSR count). The van der Waals surface area contributed by atoms with Crippen LogP contribution in [0.15, 0.2) is 24.3 Å². The van der Waals surface area contributed by atoms with Gasteiger partial charge in [-0.2, -0.15) is 0 Å². The van der Waals surface area contributed by atoms with Crippen molar-refractivity contribution in [1.29, 1.82) is 0 Å². The Labute approximate surface area is 149 Å². The second-order valence-electron chi connectivity index (χ2n) is 5.91. The van der Waals surface area contributed by atoms with Gasteiger partial charge in [0.2, 0.25) is 0 Å². The van der Waals surface area contributed by atoms with Gasteiger partial charge < -0.3 is 4.74 Å². The van der Waals surface area contributed by atoms with Gasteiger partial charge in [-0.25, -0.2) is 0 Å². The fourth-order valence-corrected chi connectivity index (χ4v) is 2.39. The minimum Gasteiger partial charge on any atom is -0.465 e. The van der Waals surface area contributed by atoms with Gasteiger partial charge in [-0.05, 0) is 38.5 Å². The number of hydrogen-bond acceptors (Lipinski definition) is 2. The Morgan fingerprint density at radius 2 is 1.48 bits per heavy atom. The second kappa shape index (κ2) is 19.3. The molecule has 0 aromatic carbocycles. The van der Waals surface area contributed by atoms with Crippen LogP contribution >= 0.6 is 12.6 Å². The van der Waals surface area contributed by atoms with Gasteiger partial charge >= 0.3 is 5.97 Å². The highest BCUT2D eigenvalue weighted by Gasteiger charge is 2.01. The third-order valence-corrected chi connectivity index (χ3v) is 3.84. The van der Waals surface area contributed by atoms with Crippen LogP contribution in [0.3, 0.4) is 0 Å². The maximum Gasteiger partial charge on any atom is 0.305 e. The molecule has 1 radical (unpaired) electrons. The molecule has 0 fully saturated rings. The van der Waals surface area contributed by atoms with Crippen molar-refractivity contribution in [3.8, 4) is 0 Å². The molecule has 0 aromatic rings. The van der Waals surface area contributed by atoms with E-state index in [-0.39, 0.29) is 5.97 Å². The molecule has 0 aliphatic carbocycles. The molecule has 0 heterocycles. The standard InChI is InChI=1S/C20H35O2S/c1-2-3-4-5-6-7-8-9-10-11-12-13-14-15-16-17-20(21)22-18-19-23/h6-7,9-10H,2-5,8,11-19H2,1H3/b7-6+,10-9+. The summed E-state index contributed by atoms with van der Waals surface area (Å²) in [5, 5.41) is 0. The van der Waals surface area contributed by atoms with Gasteiger partial charge in [-0.1, -0.05) is 76.0 Å². The maximum absolute atomic E-state index is 11.3. The summed E-state index contributed by atoms with van der Waals surface area (Å²) in [5.74, 6) is 0.397. The minimum absolute atomic E-state index is 0.0967. The Balaban J connectivity index is 3.23. The normalized spacial score (nSPS) is 11.6. The Bertz CT molecular complexity index is 311. The van der Waals surface area contributed by atoms with E-state index in [0.717, 1.165) is 19.3 Å². The molecule has 0 aliphatic rings. The van der Waals surface area contributed by atoms with E-state index in [1.165, 1.54) is 51.4 Å². The van der Waals surface area contributed by atoms with Crippen LogP contribution in [-0.2, 0) is 9.53 Å². The highest BCUT2D eigenvalue weighted by atomic mass is 32.1. The Morgan fingerprint density at radius 3 is 2.13 bits per heavy atom. The van der Waals surface area contributed by atoms with E-state index in [0.29, 0.717) is 18.8 Å². The summed E-state index contributed by atoms with van der Waals surface area (Å²) in [4.78, 5) is 11.3. The van der Waals surface area contributed by atoms with Crippen LogP contribution < -0.4 is 0 Å². The van der Waals surface area contributed by atoms with Gasteiger partial charge in [0.25, 0.3) is 0 Å². The molecule has 0 unspecified atom stereocenters.